The summed E-state index contributed by atoms with van der Waals surface area (Å²) in [5.74, 6) is 0. The van der Waals surface area contributed by atoms with Crippen molar-refractivity contribution >= 4 is 155 Å². The van der Waals surface area contributed by atoms with Crippen molar-refractivity contribution in [3.8, 4) is 22.3 Å². The highest BCUT2D eigenvalue weighted by Gasteiger charge is 2.47. The molecule has 0 aliphatic heterocycles. The van der Waals surface area contributed by atoms with Gasteiger partial charge in [0.15, 0.2) is 0 Å². The van der Waals surface area contributed by atoms with Gasteiger partial charge in [0.2, 0.25) is 8.07 Å². The normalized spacial score (nSPS) is 12.3. The highest BCUT2D eigenvalue weighted by molar-refractivity contribution is 7.33. The number of benzene rings is 8. The Balaban J connectivity index is 1.02. The van der Waals surface area contributed by atoms with Gasteiger partial charge in [0.25, 0.3) is 0 Å². The third kappa shape index (κ3) is 5.54. The Kier molecular flexibility index (Phi) is 8.42. The largest absolute Gasteiger partial charge is 0.263 e. The fourth-order valence-electron chi connectivity index (χ4n) is 10.4. The van der Waals surface area contributed by atoms with Crippen molar-refractivity contribution in [3.63, 3.8) is 0 Å². The zero-order valence-corrected chi connectivity index (χ0v) is 38.9. The molecule has 0 radical (unpaired) electrons. The fourth-order valence-corrected chi connectivity index (χ4v) is 20.8. The minimum atomic E-state index is -3.22. The van der Waals surface area contributed by atoms with Gasteiger partial charge in [0.1, 0.15) is 0 Å². The fraction of sp³-hybridized carbons (Fsp3) is 0. The summed E-state index contributed by atoms with van der Waals surface area (Å²) < 4.78 is 10.3. The lowest BCUT2D eigenvalue weighted by Gasteiger charge is -2.32. The molecular weight excluding hydrogens is 881 g/mol. The van der Waals surface area contributed by atoms with Crippen LogP contribution in [0.3, 0.4) is 0 Å². The van der Waals surface area contributed by atoms with Crippen molar-refractivity contribution in [2.24, 2.45) is 0 Å². The number of aromatic nitrogens is 2. The average Bonchev–Trinajstić information content (AvgIpc) is 4.15. The van der Waals surface area contributed by atoms with Crippen molar-refractivity contribution in [1.82, 2.24) is 9.97 Å². The maximum Gasteiger partial charge on any atom is 0.227 e. The summed E-state index contributed by atoms with van der Waals surface area (Å²) in [6, 6.07) is 72.0. The summed E-state index contributed by atoms with van der Waals surface area (Å²) in [5.41, 5.74) is 5.03. The first-order valence-electron chi connectivity index (χ1n) is 21.8. The molecule has 0 aliphatic carbocycles. The van der Waals surface area contributed by atoms with E-state index in [-0.39, 0.29) is 0 Å². The third-order valence-electron chi connectivity index (χ3n) is 13.3. The zero-order chi connectivity index (χ0) is 42.6. The van der Waals surface area contributed by atoms with Gasteiger partial charge in [-0.3, -0.25) is 9.97 Å². The summed E-state index contributed by atoms with van der Waals surface area (Å²) in [7, 11) is -3.22. The van der Waals surface area contributed by atoms with E-state index in [2.05, 4.69) is 207 Å². The number of hydrogen-bond donors (Lipinski definition) is 0. The van der Waals surface area contributed by atoms with Gasteiger partial charge in [0.05, 0.1) is 20.0 Å². The number of fused-ring (bicyclic) bond motifs is 12. The van der Waals surface area contributed by atoms with E-state index in [1.807, 2.05) is 45.3 Å². The number of rotatable bonds is 6. The van der Waals surface area contributed by atoms with Crippen LogP contribution in [0.15, 0.2) is 207 Å². The van der Waals surface area contributed by atoms with Crippen molar-refractivity contribution in [3.05, 3.63) is 207 Å². The second-order valence-corrected chi connectivity index (χ2v) is 24.6. The first-order valence-corrected chi connectivity index (χ1v) is 27.0. The minimum Gasteiger partial charge on any atom is -0.263 e. The summed E-state index contributed by atoms with van der Waals surface area (Å²) in [6.45, 7) is 0. The Morgan fingerprint density at radius 1 is 0.292 bits per heavy atom. The average molecular weight is 915 g/mol. The molecule has 304 valence electrons. The van der Waals surface area contributed by atoms with Gasteiger partial charge in [0, 0.05) is 83.7 Å². The third-order valence-corrected chi connectivity index (χ3v) is 23.1. The monoisotopic (exact) mass is 914 g/mol. The van der Waals surface area contributed by atoms with Gasteiger partial charge in [-0.15, -0.1) is 45.3 Å². The Morgan fingerprint density at radius 3 is 1.15 bits per heavy atom. The molecule has 0 saturated heterocycles. The summed E-state index contributed by atoms with van der Waals surface area (Å²) in [5, 5.41) is 15.1. The van der Waals surface area contributed by atoms with Crippen LogP contribution in [0, 0.1) is 0 Å². The lowest BCUT2D eigenvalue weighted by Crippen LogP contribution is -2.76. The van der Waals surface area contributed by atoms with Crippen LogP contribution in [0.25, 0.3) is 103 Å². The maximum absolute atomic E-state index is 5.55. The molecule has 2 nitrogen and oxygen atoms in total. The molecule has 0 amide bonds. The van der Waals surface area contributed by atoms with Gasteiger partial charge < -0.3 is 0 Å². The zero-order valence-electron chi connectivity index (χ0n) is 34.7. The first-order chi connectivity index (χ1) is 32.2. The van der Waals surface area contributed by atoms with Crippen LogP contribution in [0.1, 0.15) is 0 Å². The smallest absolute Gasteiger partial charge is 0.227 e. The molecule has 0 atom stereocenters. The standard InChI is InChI=1S/C58H34N2S4Si/c1-3-13-37(14-4-1)65(38-15-5-2-6-16-38,57-55-45(29-31-59-57)47-33-35(25-27-51(47)63-55)39-19-11-21-43-41-17-7-9-23-49(41)61-53(39)43)58-56-46(30-32-60-58)48-34-36(26-28-52(48)64-56)40-20-12-22-44-42-18-8-10-24-50(42)62-54(40)44/h1-34H. The molecule has 8 aromatic carbocycles. The van der Waals surface area contributed by atoms with Crippen molar-refractivity contribution in [2.45, 2.75) is 0 Å². The SMILES string of the molecule is c1ccc([Si](c2ccccc2)(c2nccc3c2sc2ccc(-c4cccc5c4sc4ccccc45)cc23)c2nccc3c2sc2ccc(-c4cccc5c4sc4ccccc45)cc23)cc1. The highest BCUT2D eigenvalue weighted by atomic mass is 32.1. The van der Waals surface area contributed by atoms with Gasteiger partial charge in [-0.25, -0.2) is 0 Å². The van der Waals surface area contributed by atoms with Gasteiger partial charge >= 0.3 is 0 Å². The Hall–Kier alpha value is -6.84. The van der Waals surface area contributed by atoms with Crippen LogP contribution in [-0.2, 0) is 0 Å². The van der Waals surface area contributed by atoms with Crippen LogP contribution in [0.5, 0.6) is 0 Å². The molecule has 6 heterocycles. The van der Waals surface area contributed by atoms with Crippen LogP contribution in [0.4, 0.5) is 0 Å². The van der Waals surface area contributed by atoms with Crippen LogP contribution >= 0.6 is 45.3 Å². The van der Waals surface area contributed by atoms with Crippen molar-refractivity contribution in [2.75, 3.05) is 0 Å². The Morgan fingerprint density at radius 2 is 0.677 bits per heavy atom. The number of pyridine rings is 2. The second kappa shape index (κ2) is 14.6. The lowest BCUT2D eigenvalue weighted by atomic mass is 10.0. The number of thiophene rings is 4. The van der Waals surface area contributed by atoms with Gasteiger partial charge in [-0.05, 0) is 81.2 Å². The molecule has 6 aromatic heterocycles. The van der Waals surface area contributed by atoms with Gasteiger partial charge in [-0.1, -0.05) is 146 Å². The highest BCUT2D eigenvalue weighted by Crippen LogP contribution is 2.44. The van der Waals surface area contributed by atoms with E-state index in [9.17, 15) is 0 Å². The Labute approximate surface area is 391 Å². The van der Waals surface area contributed by atoms with Crippen LogP contribution in [0.2, 0.25) is 0 Å². The predicted octanol–water partition coefficient (Wildman–Crippen LogP) is 14.7. The summed E-state index contributed by atoms with van der Waals surface area (Å²) in [6.07, 6.45) is 4.12. The molecule has 0 bridgehead atoms. The van der Waals surface area contributed by atoms with Crippen molar-refractivity contribution < 1.29 is 0 Å². The van der Waals surface area contributed by atoms with E-state index in [4.69, 9.17) is 9.97 Å². The summed E-state index contributed by atoms with van der Waals surface area (Å²) >= 11 is 7.52. The molecule has 0 saturated carbocycles. The molecule has 0 spiro atoms. The second-order valence-electron chi connectivity index (χ2n) is 16.7. The quantitative estimate of drug-likeness (QED) is 0.155. The molecule has 0 unspecified atom stereocenters. The molecular formula is C58H34N2S4Si. The van der Waals surface area contributed by atoms with E-state index in [0.29, 0.717) is 0 Å². The molecule has 65 heavy (non-hydrogen) atoms. The van der Waals surface area contributed by atoms with E-state index < -0.39 is 8.07 Å². The lowest BCUT2D eigenvalue weighted by molar-refractivity contribution is 1.38. The molecule has 14 aromatic rings. The first kappa shape index (κ1) is 37.5. The Bertz CT molecular complexity index is 3930. The molecule has 0 fully saturated rings. The van der Waals surface area contributed by atoms with Crippen molar-refractivity contribution in [1.29, 1.82) is 0 Å². The molecule has 7 heteroatoms. The molecule has 14 rings (SSSR count). The van der Waals surface area contributed by atoms with E-state index >= 15 is 0 Å². The van der Waals surface area contributed by atoms with E-state index in [1.54, 1.807) is 0 Å². The van der Waals surface area contributed by atoms with E-state index in [1.165, 1.54) is 113 Å². The predicted molar refractivity (Wildman–Crippen MR) is 288 cm³/mol. The van der Waals surface area contributed by atoms with Gasteiger partial charge in [-0.2, -0.15) is 0 Å². The molecule has 0 aliphatic rings. The maximum atomic E-state index is 5.55. The summed E-state index contributed by atoms with van der Waals surface area (Å²) in [4.78, 5) is 11.1. The van der Waals surface area contributed by atoms with E-state index in [0.717, 1.165) is 10.6 Å². The van der Waals surface area contributed by atoms with Crippen LogP contribution in [-0.4, -0.2) is 18.0 Å². The number of hydrogen-bond acceptors (Lipinski definition) is 6. The minimum absolute atomic E-state index is 1.14. The molecule has 0 N–H and O–H groups in total. The number of nitrogens with zero attached hydrogens (tertiary/aromatic N) is 2. The van der Waals surface area contributed by atoms with Crippen LogP contribution < -0.4 is 21.0 Å². The topological polar surface area (TPSA) is 25.8 Å².